The number of benzene rings is 1. The van der Waals surface area contributed by atoms with Gasteiger partial charge in [-0.1, -0.05) is 44.5 Å². The van der Waals surface area contributed by atoms with Gasteiger partial charge in [0.15, 0.2) is 9.84 Å². The number of amides is 2. The minimum absolute atomic E-state index is 0.0390. The van der Waals surface area contributed by atoms with E-state index in [0.29, 0.717) is 27.9 Å². The van der Waals surface area contributed by atoms with Crippen LogP contribution in [-0.2, 0) is 27.5 Å². The Hall–Kier alpha value is -2.16. The molecule has 1 aromatic heterocycles. The second kappa shape index (κ2) is 10.1. The monoisotopic (exact) mass is 534 g/mol. The van der Waals surface area contributed by atoms with Crippen molar-refractivity contribution in [3.05, 3.63) is 56.9 Å². The SMILES string of the molecule is CC(C)(C)C1CCc2c(sc(NC(=O)/C=C/c3ccc(Cl)cc3)c2C(=O)NC2CCS(=O)(=O)C2)C1. The van der Waals surface area contributed by atoms with Gasteiger partial charge >= 0.3 is 0 Å². The molecule has 1 aliphatic carbocycles. The Morgan fingerprint density at radius 3 is 2.49 bits per heavy atom. The van der Waals surface area contributed by atoms with E-state index in [1.54, 1.807) is 18.2 Å². The van der Waals surface area contributed by atoms with Crippen LogP contribution in [0.3, 0.4) is 0 Å². The van der Waals surface area contributed by atoms with Gasteiger partial charge in [0.25, 0.3) is 5.91 Å². The van der Waals surface area contributed by atoms with Crippen LogP contribution in [0.2, 0.25) is 5.02 Å². The second-order valence-corrected chi connectivity index (χ2v) is 14.2. The molecule has 1 saturated heterocycles. The number of rotatable bonds is 5. The lowest BCUT2D eigenvalue weighted by Gasteiger charge is -2.33. The van der Waals surface area contributed by atoms with Gasteiger partial charge in [0.1, 0.15) is 5.00 Å². The van der Waals surface area contributed by atoms with Crippen LogP contribution in [0.4, 0.5) is 5.00 Å². The van der Waals surface area contributed by atoms with Crippen molar-refractivity contribution in [3.8, 4) is 0 Å². The van der Waals surface area contributed by atoms with Crippen molar-refractivity contribution < 1.29 is 18.0 Å². The number of carbonyl (C=O) groups excluding carboxylic acids is 2. The molecular weight excluding hydrogens is 504 g/mol. The van der Waals surface area contributed by atoms with E-state index in [9.17, 15) is 18.0 Å². The predicted molar refractivity (Wildman–Crippen MR) is 143 cm³/mol. The summed E-state index contributed by atoms with van der Waals surface area (Å²) in [5.74, 6) is -0.105. The van der Waals surface area contributed by atoms with Crippen molar-refractivity contribution >= 4 is 55.7 Å². The average molecular weight is 535 g/mol. The fourth-order valence-corrected chi connectivity index (χ4v) is 7.85. The number of anilines is 1. The Kier molecular flexibility index (Phi) is 7.46. The Morgan fingerprint density at radius 2 is 1.86 bits per heavy atom. The summed E-state index contributed by atoms with van der Waals surface area (Å²) in [6, 6.07) is 6.74. The maximum Gasteiger partial charge on any atom is 0.254 e. The lowest BCUT2D eigenvalue weighted by Crippen LogP contribution is -2.36. The first-order valence-electron chi connectivity index (χ1n) is 11.8. The normalized spacial score (nSPS) is 21.6. The number of hydrogen-bond acceptors (Lipinski definition) is 5. The molecule has 0 spiro atoms. The van der Waals surface area contributed by atoms with Gasteiger partial charge in [-0.3, -0.25) is 9.59 Å². The molecule has 2 N–H and O–H groups in total. The van der Waals surface area contributed by atoms with E-state index < -0.39 is 15.9 Å². The summed E-state index contributed by atoms with van der Waals surface area (Å²) in [6.07, 6.45) is 6.13. The van der Waals surface area contributed by atoms with Crippen molar-refractivity contribution in [1.29, 1.82) is 0 Å². The summed E-state index contributed by atoms with van der Waals surface area (Å²) in [5.41, 5.74) is 2.44. The van der Waals surface area contributed by atoms with E-state index >= 15 is 0 Å². The Morgan fingerprint density at radius 1 is 1.14 bits per heavy atom. The van der Waals surface area contributed by atoms with Gasteiger partial charge in [0.2, 0.25) is 5.91 Å². The molecule has 2 atom stereocenters. The van der Waals surface area contributed by atoms with Crippen LogP contribution in [0.1, 0.15) is 60.0 Å². The molecule has 2 heterocycles. The molecule has 35 heavy (non-hydrogen) atoms. The van der Waals surface area contributed by atoms with E-state index in [-0.39, 0.29) is 28.7 Å². The van der Waals surface area contributed by atoms with E-state index in [0.717, 1.165) is 35.3 Å². The van der Waals surface area contributed by atoms with Crippen LogP contribution in [0.25, 0.3) is 6.08 Å². The molecule has 0 bridgehead atoms. The fraction of sp³-hybridized carbons (Fsp3) is 0.462. The molecule has 2 unspecified atom stereocenters. The standard InChI is InChI=1S/C26H31ClN2O4S2/c1-26(2,3)17-7-10-20-21(14-17)34-25(23(20)24(31)28-19-12-13-35(32,33)15-19)29-22(30)11-6-16-4-8-18(27)9-5-16/h4-6,8-9,11,17,19H,7,10,12-15H2,1-3H3,(H,28,31)(H,29,30)/b11-6+. The minimum Gasteiger partial charge on any atom is -0.348 e. The first-order chi connectivity index (χ1) is 16.4. The fourth-order valence-electron chi connectivity index (χ4n) is 4.72. The summed E-state index contributed by atoms with van der Waals surface area (Å²) in [7, 11) is -3.12. The summed E-state index contributed by atoms with van der Waals surface area (Å²) in [4.78, 5) is 27.2. The Bertz CT molecular complexity index is 1260. The van der Waals surface area contributed by atoms with Gasteiger partial charge in [0.05, 0.1) is 17.1 Å². The third-order valence-corrected chi connectivity index (χ3v) is 10.0. The van der Waals surface area contributed by atoms with Crippen LogP contribution < -0.4 is 10.6 Å². The van der Waals surface area contributed by atoms with Crippen molar-refractivity contribution in [2.24, 2.45) is 11.3 Å². The van der Waals surface area contributed by atoms with Crippen LogP contribution in [-0.4, -0.2) is 37.8 Å². The molecule has 9 heteroatoms. The molecule has 1 aliphatic heterocycles. The molecule has 188 valence electrons. The summed E-state index contributed by atoms with van der Waals surface area (Å²) in [5, 5.41) is 6.97. The smallest absolute Gasteiger partial charge is 0.254 e. The number of sulfone groups is 1. The van der Waals surface area contributed by atoms with Crippen molar-refractivity contribution in [2.45, 2.75) is 52.5 Å². The molecule has 1 fully saturated rings. The van der Waals surface area contributed by atoms with Crippen molar-refractivity contribution in [1.82, 2.24) is 5.32 Å². The molecular formula is C26H31ClN2O4S2. The van der Waals surface area contributed by atoms with Gasteiger partial charge in [-0.25, -0.2) is 8.42 Å². The summed E-state index contributed by atoms with van der Waals surface area (Å²) in [6.45, 7) is 6.69. The van der Waals surface area contributed by atoms with Crippen molar-refractivity contribution in [2.75, 3.05) is 16.8 Å². The quantitative estimate of drug-likeness (QED) is 0.521. The predicted octanol–water partition coefficient (Wildman–Crippen LogP) is 5.12. The highest BCUT2D eigenvalue weighted by molar-refractivity contribution is 7.91. The maximum atomic E-state index is 13.4. The number of halogens is 1. The largest absolute Gasteiger partial charge is 0.348 e. The molecule has 0 radical (unpaired) electrons. The number of nitrogens with one attached hydrogen (secondary N) is 2. The third-order valence-electron chi connectivity index (χ3n) is 6.82. The molecule has 6 nitrogen and oxygen atoms in total. The number of thiophene rings is 1. The molecule has 0 saturated carbocycles. The molecule has 2 aromatic rings. The first kappa shape index (κ1) is 25.9. The number of fused-ring (bicyclic) bond motifs is 1. The zero-order valence-electron chi connectivity index (χ0n) is 20.2. The lowest BCUT2D eigenvalue weighted by atomic mass is 9.72. The maximum absolute atomic E-state index is 13.4. The summed E-state index contributed by atoms with van der Waals surface area (Å²) >= 11 is 7.38. The van der Waals surface area contributed by atoms with Crippen LogP contribution >= 0.6 is 22.9 Å². The molecule has 2 amide bonds. The second-order valence-electron chi connectivity index (χ2n) is 10.5. The Balaban J connectivity index is 1.58. The van der Waals surface area contributed by atoms with E-state index in [1.807, 2.05) is 12.1 Å². The lowest BCUT2D eigenvalue weighted by molar-refractivity contribution is -0.111. The topological polar surface area (TPSA) is 92.3 Å². The minimum atomic E-state index is -3.12. The highest BCUT2D eigenvalue weighted by Gasteiger charge is 2.35. The highest BCUT2D eigenvalue weighted by atomic mass is 35.5. The van der Waals surface area contributed by atoms with E-state index in [1.165, 1.54) is 17.4 Å². The summed E-state index contributed by atoms with van der Waals surface area (Å²) < 4.78 is 23.7. The van der Waals surface area contributed by atoms with Crippen LogP contribution in [0, 0.1) is 11.3 Å². The van der Waals surface area contributed by atoms with E-state index in [4.69, 9.17) is 11.6 Å². The molecule has 1 aromatic carbocycles. The van der Waals surface area contributed by atoms with Gasteiger partial charge in [-0.2, -0.15) is 0 Å². The number of carbonyl (C=O) groups is 2. The van der Waals surface area contributed by atoms with Crippen molar-refractivity contribution in [3.63, 3.8) is 0 Å². The Labute approximate surface area is 216 Å². The average Bonchev–Trinajstić information content (AvgIpc) is 3.30. The molecule has 4 rings (SSSR count). The number of hydrogen-bond donors (Lipinski definition) is 2. The van der Waals surface area contributed by atoms with Crippen LogP contribution in [0.15, 0.2) is 30.3 Å². The van der Waals surface area contributed by atoms with Crippen LogP contribution in [0.5, 0.6) is 0 Å². The zero-order valence-corrected chi connectivity index (χ0v) is 22.6. The van der Waals surface area contributed by atoms with Gasteiger partial charge in [-0.15, -0.1) is 11.3 Å². The van der Waals surface area contributed by atoms with E-state index in [2.05, 4.69) is 31.4 Å². The first-order valence-corrected chi connectivity index (χ1v) is 14.8. The molecule has 2 aliphatic rings. The van der Waals surface area contributed by atoms with Gasteiger partial charge in [-0.05, 0) is 66.4 Å². The highest BCUT2D eigenvalue weighted by Crippen LogP contribution is 2.44. The van der Waals surface area contributed by atoms with Gasteiger partial charge < -0.3 is 10.6 Å². The third kappa shape index (κ3) is 6.35. The van der Waals surface area contributed by atoms with Gasteiger partial charge in [0, 0.05) is 22.0 Å². The zero-order chi connectivity index (χ0) is 25.4.